The Morgan fingerprint density at radius 3 is 2.73 bits per heavy atom. The molecule has 4 rings (SSSR count). The summed E-state index contributed by atoms with van der Waals surface area (Å²) < 4.78 is 29.7. The van der Waals surface area contributed by atoms with Gasteiger partial charge < -0.3 is 24.1 Å². The maximum Gasteiger partial charge on any atom is 0.338 e. The number of hydrogen-bond donors (Lipinski definition) is 1. The summed E-state index contributed by atoms with van der Waals surface area (Å²) in [6.07, 6.45) is 0. The number of amides is 1. The number of benzene rings is 2. The molecule has 0 spiro atoms. The molecular formula is C22H20N4O6S. The van der Waals surface area contributed by atoms with Gasteiger partial charge in [0.2, 0.25) is 0 Å². The molecule has 170 valence electrons. The van der Waals surface area contributed by atoms with Crippen LogP contribution in [0.1, 0.15) is 27.4 Å². The number of rotatable bonds is 8. The highest BCUT2D eigenvalue weighted by molar-refractivity contribution is 7.00. The fourth-order valence-electron chi connectivity index (χ4n) is 3.08. The minimum Gasteiger partial charge on any atom is -0.493 e. The molecule has 10 nitrogen and oxygen atoms in total. The Kier molecular flexibility index (Phi) is 6.50. The first-order chi connectivity index (χ1) is 16.0. The molecule has 2 aromatic carbocycles. The largest absolute Gasteiger partial charge is 0.493 e. The number of hydrogen-bond acceptors (Lipinski definition) is 10. The number of aromatic nitrogens is 3. The fraction of sp³-hybridized carbons (Fsp3) is 0.227. The van der Waals surface area contributed by atoms with Crippen molar-refractivity contribution < 1.29 is 28.3 Å². The molecule has 11 heteroatoms. The summed E-state index contributed by atoms with van der Waals surface area (Å²) >= 11 is 1.05. The number of carbonyl (C=O) groups excluding carboxylic acids is 2. The third kappa shape index (κ3) is 4.93. The summed E-state index contributed by atoms with van der Waals surface area (Å²) in [5, 5.41) is 6.57. The second-order valence-electron chi connectivity index (χ2n) is 7.02. The van der Waals surface area contributed by atoms with Crippen molar-refractivity contribution in [2.75, 3.05) is 19.0 Å². The predicted molar refractivity (Wildman–Crippen MR) is 120 cm³/mol. The zero-order chi connectivity index (χ0) is 23.4. The molecule has 0 saturated heterocycles. The quantitative estimate of drug-likeness (QED) is 0.385. The lowest BCUT2D eigenvalue weighted by molar-refractivity contribution is -0.119. The van der Waals surface area contributed by atoms with Gasteiger partial charge in [-0.2, -0.15) is 8.75 Å². The smallest absolute Gasteiger partial charge is 0.338 e. The maximum atomic E-state index is 12.4. The lowest BCUT2D eigenvalue weighted by Gasteiger charge is -2.12. The van der Waals surface area contributed by atoms with E-state index in [0.717, 1.165) is 23.0 Å². The van der Waals surface area contributed by atoms with Crippen molar-refractivity contribution in [1.29, 1.82) is 0 Å². The van der Waals surface area contributed by atoms with Crippen LogP contribution in [0.5, 0.6) is 11.5 Å². The molecule has 0 saturated carbocycles. The van der Waals surface area contributed by atoms with Gasteiger partial charge in [-0.1, -0.05) is 11.2 Å². The summed E-state index contributed by atoms with van der Waals surface area (Å²) in [4.78, 5) is 24.7. The number of nitrogens with one attached hydrogen (secondary N) is 1. The van der Waals surface area contributed by atoms with Crippen LogP contribution in [0.3, 0.4) is 0 Å². The summed E-state index contributed by atoms with van der Waals surface area (Å²) in [6, 6.07) is 9.88. The van der Waals surface area contributed by atoms with Crippen LogP contribution in [0.2, 0.25) is 0 Å². The van der Waals surface area contributed by atoms with E-state index in [0.29, 0.717) is 34.0 Å². The molecule has 2 heterocycles. The second-order valence-corrected chi connectivity index (χ2v) is 7.55. The molecule has 0 atom stereocenters. The second kappa shape index (κ2) is 9.65. The van der Waals surface area contributed by atoms with Crippen molar-refractivity contribution in [3.8, 4) is 11.5 Å². The first-order valence-corrected chi connectivity index (χ1v) is 10.6. The van der Waals surface area contributed by atoms with Crippen LogP contribution in [-0.2, 0) is 16.1 Å². The Morgan fingerprint density at radius 1 is 1.12 bits per heavy atom. The summed E-state index contributed by atoms with van der Waals surface area (Å²) in [5.74, 6) is 0.303. The maximum absolute atomic E-state index is 12.4. The van der Waals surface area contributed by atoms with Crippen LogP contribution < -0.4 is 14.8 Å². The first kappa shape index (κ1) is 22.2. The number of ether oxygens (including phenoxy) is 3. The molecule has 0 radical (unpaired) electrons. The highest BCUT2D eigenvalue weighted by Gasteiger charge is 2.16. The van der Waals surface area contributed by atoms with Crippen molar-refractivity contribution in [3.05, 3.63) is 59.0 Å². The lowest BCUT2D eigenvalue weighted by atomic mass is 10.2. The van der Waals surface area contributed by atoms with Gasteiger partial charge in [-0.25, -0.2) is 4.79 Å². The number of anilines is 1. The van der Waals surface area contributed by atoms with Gasteiger partial charge in [0.25, 0.3) is 5.91 Å². The van der Waals surface area contributed by atoms with E-state index in [1.807, 2.05) is 6.92 Å². The van der Waals surface area contributed by atoms with Crippen molar-refractivity contribution in [2.24, 2.45) is 0 Å². The number of methoxy groups -OCH3 is 1. The summed E-state index contributed by atoms with van der Waals surface area (Å²) in [5.41, 5.74) is 3.57. The van der Waals surface area contributed by atoms with Crippen LogP contribution >= 0.6 is 11.7 Å². The molecule has 0 bridgehead atoms. The number of fused-ring (bicyclic) bond motifs is 1. The Morgan fingerprint density at radius 2 is 1.97 bits per heavy atom. The Bertz CT molecular complexity index is 1300. The molecule has 0 aliphatic rings. The van der Waals surface area contributed by atoms with Crippen molar-refractivity contribution >= 4 is 40.3 Å². The standard InChI is InChI=1S/C22H20N4O6S/c1-12-15(13(2)32-24-12)10-30-18-8-7-14(9-19(18)29-3)22(28)31-11-20(27)23-16-5-4-6-17-21(16)26-33-25-17/h4-9H,10-11H2,1-3H3,(H,23,27). The highest BCUT2D eigenvalue weighted by atomic mass is 32.1. The highest BCUT2D eigenvalue weighted by Crippen LogP contribution is 2.30. The van der Waals surface area contributed by atoms with Crippen LogP contribution in [0.25, 0.3) is 11.0 Å². The molecule has 33 heavy (non-hydrogen) atoms. The van der Waals surface area contributed by atoms with Gasteiger partial charge in [-0.05, 0) is 44.2 Å². The van der Waals surface area contributed by atoms with E-state index in [9.17, 15) is 9.59 Å². The Balaban J connectivity index is 1.36. The van der Waals surface area contributed by atoms with E-state index in [1.54, 1.807) is 31.2 Å². The molecule has 0 aliphatic carbocycles. The van der Waals surface area contributed by atoms with Gasteiger partial charge in [0.05, 0.1) is 41.3 Å². The number of carbonyl (C=O) groups is 2. The van der Waals surface area contributed by atoms with E-state index >= 15 is 0 Å². The van der Waals surface area contributed by atoms with Crippen molar-refractivity contribution in [2.45, 2.75) is 20.5 Å². The van der Waals surface area contributed by atoms with Gasteiger partial charge in [-0.3, -0.25) is 4.79 Å². The molecule has 0 fully saturated rings. The SMILES string of the molecule is COc1cc(C(=O)OCC(=O)Nc2cccc3nsnc23)ccc1OCc1c(C)noc1C. The Labute approximate surface area is 192 Å². The molecule has 1 N–H and O–H groups in total. The van der Waals surface area contributed by atoms with Gasteiger partial charge in [0.15, 0.2) is 18.1 Å². The molecule has 0 aliphatic heterocycles. The monoisotopic (exact) mass is 468 g/mol. The van der Waals surface area contributed by atoms with Gasteiger partial charge in [0, 0.05) is 0 Å². The van der Waals surface area contributed by atoms with E-state index in [-0.39, 0.29) is 12.2 Å². The summed E-state index contributed by atoms with van der Waals surface area (Å²) in [6.45, 7) is 3.41. The lowest BCUT2D eigenvalue weighted by Crippen LogP contribution is -2.21. The number of esters is 1. The third-order valence-corrected chi connectivity index (χ3v) is 5.39. The summed E-state index contributed by atoms with van der Waals surface area (Å²) in [7, 11) is 1.47. The van der Waals surface area contributed by atoms with Crippen LogP contribution in [0, 0.1) is 13.8 Å². The average Bonchev–Trinajstić information content (AvgIpc) is 3.43. The molecular weight excluding hydrogens is 448 g/mol. The first-order valence-electron chi connectivity index (χ1n) is 9.87. The average molecular weight is 468 g/mol. The van der Waals surface area contributed by atoms with E-state index in [2.05, 4.69) is 19.2 Å². The minimum absolute atomic E-state index is 0.218. The van der Waals surface area contributed by atoms with E-state index in [4.69, 9.17) is 18.7 Å². The van der Waals surface area contributed by atoms with E-state index in [1.165, 1.54) is 19.2 Å². The molecule has 4 aromatic rings. The van der Waals surface area contributed by atoms with E-state index < -0.39 is 18.5 Å². The Hall–Kier alpha value is -3.99. The molecule has 1 amide bonds. The molecule has 0 unspecified atom stereocenters. The number of aryl methyl sites for hydroxylation is 2. The van der Waals surface area contributed by atoms with Crippen molar-refractivity contribution in [3.63, 3.8) is 0 Å². The van der Waals surface area contributed by atoms with Crippen molar-refractivity contribution in [1.82, 2.24) is 13.9 Å². The minimum atomic E-state index is -0.672. The van der Waals surface area contributed by atoms with Crippen LogP contribution in [0.15, 0.2) is 40.9 Å². The zero-order valence-electron chi connectivity index (χ0n) is 18.1. The number of nitrogens with zero attached hydrogens (tertiary/aromatic N) is 3. The van der Waals surface area contributed by atoms with Gasteiger partial charge in [-0.15, -0.1) is 0 Å². The van der Waals surface area contributed by atoms with Gasteiger partial charge in [0.1, 0.15) is 23.4 Å². The van der Waals surface area contributed by atoms with Gasteiger partial charge >= 0.3 is 5.97 Å². The normalized spacial score (nSPS) is 10.8. The third-order valence-electron chi connectivity index (χ3n) is 4.85. The topological polar surface area (TPSA) is 126 Å². The van der Waals surface area contributed by atoms with Crippen LogP contribution in [-0.4, -0.2) is 39.5 Å². The predicted octanol–water partition coefficient (Wildman–Crippen LogP) is 3.68. The zero-order valence-corrected chi connectivity index (χ0v) is 18.9. The molecule has 2 aromatic heterocycles. The fourth-order valence-corrected chi connectivity index (χ4v) is 3.63. The van der Waals surface area contributed by atoms with Crippen LogP contribution in [0.4, 0.5) is 5.69 Å².